The van der Waals surface area contributed by atoms with Crippen molar-refractivity contribution in [1.29, 1.82) is 0 Å². The zero-order valence-electron chi connectivity index (χ0n) is 10.5. The molecular weight excluding hydrogens is 269 g/mol. The lowest BCUT2D eigenvalue weighted by atomic mass is 10.1. The van der Waals surface area contributed by atoms with E-state index in [1.54, 1.807) is 0 Å². The third kappa shape index (κ3) is 5.47. The number of benzene rings is 1. The summed E-state index contributed by atoms with van der Waals surface area (Å²) in [4.78, 5) is 32.9. The van der Waals surface area contributed by atoms with Crippen LogP contribution in [0.1, 0.15) is 18.4 Å². The first kappa shape index (κ1) is 15.6. The van der Waals surface area contributed by atoms with Crippen molar-refractivity contribution in [2.75, 3.05) is 0 Å². The molecule has 1 amide bonds. The van der Waals surface area contributed by atoms with Crippen molar-refractivity contribution >= 4 is 17.8 Å². The highest BCUT2D eigenvalue weighted by Gasteiger charge is 2.20. The van der Waals surface area contributed by atoms with Crippen molar-refractivity contribution in [3.8, 4) is 0 Å². The van der Waals surface area contributed by atoms with Gasteiger partial charge in [-0.3, -0.25) is 9.59 Å². The number of rotatable bonds is 7. The van der Waals surface area contributed by atoms with Gasteiger partial charge in [-0.1, -0.05) is 12.1 Å². The third-order valence-corrected chi connectivity index (χ3v) is 2.53. The molecule has 0 heterocycles. The second-order valence-corrected chi connectivity index (χ2v) is 4.20. The van der Waals surface area contributed by atoms with Crippen LogP contribution in [0.4, 0.5) is 4.39 Å². The van der Waals surface area contributed by atoms with Gasteiger partial charge in [0.15, 0.2) is 0 Å². The minimum absolute atomic E-state index is 0.172. The van der Waals surface area contributed by atoms with E-state index in [0.29, 0.717) is 5.56 Å². The summed E-state index contributed by atoms with van der Waals surface area (Å²) in [5.41, 5.74) is 0.407. The average Bonchev–Trinajstić information content (AvgIpc) is 2.33. The van der Waals surface area contributed by atoms with E-state index in [2.05, 4.69) is 5.32 Å². The molecule has 1 aromatic carbocycles. The van der Waals surface area contributed by atoms with Crippen molar-refractivity contribution in [2.45, 2.75) is 25.3 Å². The average molecular weight is 283 g/mol. The Labute approximate surface area is 114 Å². The summed E-state index contributed by atoms with van der Waals surface area (Å²) in [5, 5.41) is 19.6. The van der Waals surface area contributed by atoms with Gasteiger partial charge in [0.1, 0.15) is 11.9 Å². The summed E-state index contributed by atoms with van der Waals surface area (Å²) >= 11 is 0. The van der Waals surface area contributed by atoms with E-state index < -0.39 is 29.7 Å². The van der Waals surface area contributed by atoms with Crippen LogP contribution < -0.4 is 5.32 Å². The number of carboxylic acid groups (broad SMARTS) is 2. The monoisotopic (exact) mass is 283 g/mol. The Balaban J connectivity index is 2.57. The standard InChI is InChI=1S/C13H14FNO5/c14-9-3-1-2-8(6-9)7-11(16)15-10(13(19)20)4-5-12(17)18/h1-3,6,10H,4-5,7H2,(H,15,16)(H,17,18)(H,19,20)/t10-/m0/s1. The fourth-order valence-electron chi connectivity index (χ4n) is 1.60. The molecule has 0 spiro atoms. The van der Waals surface area contributed by atoms with Crippen LogP contribution in [-0.2, 0) is 20.8 Å². The Morgan fingerprint density at radius 2 is 1.95 bits per heavy atom. The summed E-state index contributed by atoms with van der Waals surface area (Å²) in [5.74, 6) is -3.54. The fourth-order valence-corrected chi connectivity index (χ4v) is 1.60. The van der Waals surface area contributed by atoms with Crippen molar-refractivity contribution in [1.82, 2.24) is 5.32 Å². The summed E-state index contributed by atoms with van der Waals surface area (Å²) in [6.07, 6.45) is -0.745. The van der Waals surface area contributed by atoms with Crippen LogP contribution in [0.15, 0.2) is 24.3 Å². The minimum atomic E-state index is -1.31. The predicted molar refractivity (Wildman–Crippen MR) is 66.5 cm³/mol. The molecule has 0 fully saturated rings. The summed E-state index contributed by atoms with van der Waals surface area (Å²) in [6.45, 7) is 0. The van der Waals surface area contributed by atoms with E-state index in [1.807, 2.05) is 0 Å². The second-order valence-electron chi connectivity index (χ2n) is 4.20. The van der Waals surface area contributed by atoms with Gasteiger partial charge in [-0.25, -0.2) is 9.18 Å². The molecule has 0 saturated carbocycles. The Bertz CT molecular complexity index is 517. The van der Waals surface area contributed by atoms with E-state index in [1.165, 1.54) is 24.3 Å². The van der Waals surface area contributed by atoms with Gasteiger partial charge in [0.05, 0.1) is 6.42 Å². The molecule has 0 aliphatic rings. The number of nitrogens with one attached hydrogen (secondary N) is 1. The van der Waals surface area contributed by atoms with Crippen molar-refractivity contribution in [3.63, 3.8) is 0 Å². The molecule has 7 heteroatoms. The molecule has 0 aliphatic heterocycles. The van der Waals surface area contributed by atoms with Gasteiger partial charge in [0.25, 0.3) is 0 Å². The number of carboxylic acids is 2. The number of amides is 1. The SMILES string of the molecule is O=C(O)CC[C@H](NC(=O)Cc1cccc(F)c1)C(=O)O. The van der Waals surface area contributed by atoms with E-state index >= 15 is 0 Å². The summed E-state index contributed by atoms with van der Waals surface area (Å²) in [6, 6.07) is 4.11. The van der Waals surface area contributed by atoms with Crippen LogP contribution in [-0.4, -0.2) is 34.1 Å². The van der Waals surface area contributed by atoms with Crippen molar-refractivity contribution in [2.24, 2.45) is 0 Å². The molecule has 108 valence electrons. The Hall–Kier alpha value is -2.44. The van der Waals surface area contributed by atoms with Gasteiger partial charge in [-0.15, -0.1) is 0 Å². The summed E-state index contributed by atoms with van der Waals surface area (Å²) in [7, 11) is 0. The molecule has 0 saturated heterocycles. The molecule has 1 aromatic rings. The molecule has 0 bridgehead atoms. The molecule has 0 radical (unpaired) electrons. The molecule has 6 nitrogen and oxygen atoms in total. The maximum atomic E-state index is 12.9. The molecule has 3 N–H and O–H groups in total. The molecule has 0 aliphatic carbocycles. The van der Waals surface area contributed by atoms with Gasteiger partial charge >= 0.3 is 11.9 Å². The number of halogens is 1. The number of hydrogen-bond donors (Lipinski definition) is 3. The predicted octanol–water partition coefficient (Wildman–Crippen LogP) is 0.802. The first-order valence-electron chi connectivity index (χ1n) is 5.87. The van der Waals surface area contributed by atoms with Crippen LogP contribution in [0.2, 0.25) is 0 Å². The van der Waals surface area contributed by atoms with Gasteiger partial charge in [0, 0.05) is 6.42 Å². The largest absolute Gasteiger partial charge is 0.481 e. The van der Waals surface area contributed by atoms with Crippen LogP contribution >= 0.6 is 0 Å². The van der Waals surface area contributed by atoms with E-state index in [4.69, 9.17) is 10.2 Å². The number of carbonyl (C=O) groups excluding carboxylic acids is 1. The van der Waals surface area contributed by atoms with Gasteiger partial charge in [-0.05, 0) is 24.1 Å². The smallest absolute Gasteiger partial charge is 0.326 e. The molecule has 0 aromatic heterocycles. The zero-order valence-corrected chi connectivity index (χ0v) is 10.5. The normalized spacial score (nSPS) is 11.7. The van der Waals surface area contributed by atoms with Crippen LogP contribution in [0.5, 0.6) is 0 Å². The fraction of sp³-hybridized carbons (Fsp3) is 0.308. The highest BCUT2D eigenvalue weighted by atomic mass is 19.1. The van der Waals surface area contributed by atoms with Crippen LogP contribution in [0.3, 0.4) is 0 Å². The Kier molecular flexibility index (Phi) is 5.64. The number of hydrogen-bond acceptors (Lipinski definition) is 3. The Morgan fingerprint density at radius 1 is 1.25 bits per heavy atom. The van der Waals surface area contributed by atoms with E-state index in [-0.39, 0.29) is 19.3 Å². The van der Waals surface area contributed by atoms with Gasteiger partial charge in [-0.2, -0.15) is 0 Å². The molecule has 1 rings (SSSR count). The van der Waals surface area contributed by atoms with E-state index in [9.17, 15) is 18.8 Å². The lowest BCUT2D eigenvalue weighted by molar-refractivity contribution is -0.143. The summed E-state index contributed by atoms with van der Waals surface area (Å²) < 4.78 is 12.9. The van der Waals surface area contributed by atoms with Crippen molar-refractivity contribution < 1.29 is 29.0 Å². The topological polar surface area (TPSA) is 104 Å². The van der Waals surface area contributed by atoms with Crippen LogP contribution in [0.25, 0.3) is 0 Å². The molecule has 0 unspecified atom stereocenters. The van der Waals surface area contributed by atoms with Gasteiger partial charge in [0.2, 0.25) is 5.91 Å². The van der Waals surface area contributed by atoms with E-state index in [0.717, 1.165) is 0 Å². The maximum absolute atomic E-state index is 12.9. The first-order chi connectivity index (χ1) is 9.38. The Morgan fingerprint density at radius 3 is 2.50 bits per heavy atom. The highest BCUT2D eigenvalue weighted by Crippen LogP contribution is 2.05. The molecular formula is C13H14FNO5. The molecule has 20 heavy (non-hydrogen) atoms. The van der Waals surface area contributed by atoms with Crippen LogP contribution in [0, 0.1) is 5.82 Å². The maximum Gasteiger partial charge on any atom is 0.326 e. The zero-order chi connectivity index (χ0) is 15.1. The minimum Gasteiger partial charge on any atom is -0.481 e. The number of aliphatic carboxylic acids is 2. The van der Waals surface area contributed by atoms with Crippen molar-refractivity contribution in [3.05, 3.63) is 35.6 Å². The van der Waals surface area contributed by atoms with Gasteiger partial charge < -0.3 is 15.5 Å². The first-order valence-corrected chi connectivity index (χ1v) is 5.87. The number of carbonyl (C=O) groups is 3. The lowest BCUT2D eigenvalue weighted by Crippen LogP contribution is -2.41. The lowest BCUT2D eigenvalue weighted by Gasteiger charge is -2.13. The second kappa shape index (κ2) is 7.22. The quantitative estimate of drug-likeness (QED) is 0.686. The third-order valence-electron chi connectivity index (χ3n) is 2.53. The highest BCUT2D eigenvalue weighted by molar-refractivity contribution is 5.85. The molecule has 1 atom stereocenters.